The number of nitrogens with two attached hydrogens (primary N) is 1. The highest BCUT2D eigenvalue weighted by Crippen LogP contribution is 2.30. The van der Waals surface area contributed by atoms with Crippen molar-refractivity contribution < 1.29 is 14.4 Å². The van der Waals surface area contributed by atoms with E-state index in [1.807, 2.05) is 19.9 Å². The quantitative estimate of drug-likeness (QED) is 0.644. The predicted molar refractivity (Wildman–Crippen MR) is 106 cm³/mol. The van der Waals surface area contributed by atoms with E-state index >= 15 is 0 Å². The number of thioether (sulfide) groups is 1. The van der Waals surface area contributed by atoms with Crippen LogP contribution >= 0.6 is 11.8 Å². The van der Waals surface area contributed by atoms with Crippen LogP contribution in [0.15, 0.2) is 29.6 Å². The average Bonchev–Trinajstić information content (AvgIpc) is 3.26. The zero-order valence-electron chi connectivity index (χ0n) is 16.2. The minimum Gasteiger partial charge on any atom is -0.351 e. The Bertz CT molecular complexity index is 900. The predicted octanol–water partition coefficient (Wildman–Crippen LogP) is 1.10. The summed E-state index contributed by atoms with van der Waals surface area (Å²) in [5.74, 6) is 0.621. The van der Waals surface area contributed by atoms with E-state index in [0.717, 1.165) is 6.42 Å². The molecule has 3 rings (SSSR count). The van der Waals surface area contributed by atoms with Crippen molar-refractivity contribution in [1.82, 2.24) is 30.0 Å². The van der Waals surface area contributed by atoms with Crippen LogP contribution in [0.5, 0.6) is 0 Å². The van der Waals surface area contributed by atoms with E-state index in [1.165, 1.54) is 11.8 Å². The number of aromatic nitrogens is 4. The van der Waals surface area contributed by atoms with Crippen LogP contribution in [-0.2, 0) is 16.1 Å². The highest BCUT2D eigenvalue weighted by atomic mass is 32.2. The Morgan fingerprint density at radius 1 is 1.31 bits per heavy atom. The van der Waals surface area contributed by atoms with Gasteiger partial charge >= 0.3 is 6.03 Å². The maximum atomic E-state index is 12.4. The van der Waals surface area contributed by atoms with Crippen LogP contribution in [0.4, 0.5) is 4.79 Å². The maximum Gasteiger partial charge on any atom is 0.318 e. The second-order valence-electron chi connectivity index (χ2n) is 6.98. The first kappa shape index (κ1) is 20.8. The number of nitrogens with zero attached hydrogens (tertiary/aromatic N) is 5. The molecule has 1 unspecified atom stereocenters. The number of primary amides is 1. The van der Waals surface area contributed by atoms with Gasteiger partial charge in [-0.1, -0.05) is 31.7 Å². The molecule has 10 nitrogen and oxygen atoms in total. The van der Waals surface area contributed by atoms with Gasteiger partial charge in [-0.15, -0.1) is 10.2 Å². The van der Waals surface area contributed by atoms with Crippen LogP contribution in [0.25, 0.3) is 5.82 Å². The van der Waals surface area contributed by atoms with Crippen molar-refractivity contribution >= 4 is 29.6 Å². The number of amides is 4. The van der Waals surface area contributed by atoms with E-state index in [2.05, 4.69) is 20.5 Å². The smallest absolute Gasteiger partial charge is 0.318 e. The van der Waals surface area contributed by atoms with Gasteiger partial charge in [0, 0.05) is 19.2 Å². The number of carbonyl (C=O) groups excluding carboxylic acids is 3. The number of imide groups is 1. The van der Waals surface area contributed by atoms with Crippen molar-refractivity contribution in [3.63, 3.8) is 0 Å². The second kappa shape index (κ2) is 9.03. The number of likely N-dealkylation sites (tertiary alicyclic amines) is 1. The number of hydrogen-bond acceptors (Lipinski definition) is 7. The molecule has 11 heteroatoms. The first-order valence-electron chi connectivity index (χ1n) is 9.27. The van der Waals surface area contributed by atoms with Crippen molar-refractivity contribution in [3.05, 3.63) is 30.2 Å². The zero-order chi connectivity index (χ0) is 21.0. The molecule has 0 spiro atoms. The lowest BCUT2D eigenvalue weighted by Gasteiger charge is -2.19. The summed E-state index contributed by atoms with van der Waals surface area (Å²) in [5.41, 5.74) is 5.09. The first-order chi connectivity index (χ1) is 13.9. The number of hydrogen-bond donors (Lipinski definition) is 2. The Morgan fingerprint density at radius 3 is 2.69 bits per heavy atom. The summed E-state index contributed by atoms with van der Waals surface area (Å²) in [5, 5.41) is 10.5. The molecular formula is C18H23N7O3S. The number of rotatable bonds is 7. The highest BCUT2D eigenvalue weighted by Gasteiger charge is 2.29. The Hall–Kier alpha value is -2.95. The normalized spacial score (nSPS) is 15.0. The third kappa shape index (κ3) is 4.91. The molecule has 0 aliphatic carbocycles. The number of carbonyl (C=O) groups is 3. The number of urea groups is 1. The van der Waals surface area contributed by atoms with Gasteiger partial charge < -0.3 is 10.6 Å². The number of nitrogens with one attached hydrogen (secondary N) is 1. The van der Waals surface area contributed by atoms with Gasteiger partial charge in [0.25, 0.3) is 0 Å². The van der Waals surface area contributed by atoms with Crippen molar-refractivity contribution in [3.8, 4) is 5.82 Å². The molecule has 2 aromatic rings. The number of pyridine rings is 1. The second-order valence-corrected chi connectivity index (χ2v) is 8.09. The van der Waals surface area contributed by atoms with Crippen LogP contribution in [0, 0.1) is 5.92 Å². The third-order valence-corrected chi connectivity index (χ3v) is 5.91. The van der Waals surface area contributed by atoms with Gasteiger partial charge in [-0.3, -0.25) is 19.5 Å². The molecular weight excluding hydrogens is 394 g/mol. The Labute approximate surface area is 172 Å². The topological polar surface area (TPSA) is 136 Å². The molecule has 4 amide bonds. The Kier molecular flexibility index (Phi) is 6.47. The summed E-state index contributed by atoms with van der Waals surface area (Å²) in [6.07, 6.45) is 3.00. The summed E-state index contributed by atoms with van der Waals surface area (Å²) in [4.78, 5) is 41.7. The molecule has 3 N–H and O–H groups in total. The van der Waals surface area contributed by atoms with Gasteiger partial charge in [-0.05, 0) is 24.5 Å². The lowest BCUT2D eigenvalue weighted by Crippen LogP contribution is -2.42. The largest absolute Gasteiger partial charge is 0.351 e. The van der Waals surface area contributed by atoms with Crippen molar-refractivity contribution in [2.45, 2.75) is 43.6 Å². The molecule has 1 saturated heterocycles. The van der Waals surface area contributed by atoms with Gasteiger partial charge in [0.05, 0.1) is 11.8 Å². The van der Waals surface area contributed by atoms with E-state index in [0.29, 0.717) is 36.3 Å². The molecule has 1 atom stereocenters. The van der Waals surface area contributed by atoms with Crippen molar-refractivity contribution in [2.24, 2.45) is 11.7 Å². The van der Waals surface area contributed by atoms with Gasteiger partial charge in [0.2, 0.25) is 11.8 Å². The van der Waals surface area contributed by atoms with E-state index in [9.17, 15) is 14.4 Å². The molecule has 0 saturated carbocycles. The fourth-order valence-corrected chi connectivity index (χ4v) is 4.09. The summed E-state index contributed by atoms with van der Waals surface area (Å²) < 4.78 is 1.74. The van der Waals surface area contributed by atoms with Crippen molar-refractivity contribution in [1.29, 1.82) is 0 Å². The standard InChI is InChI=1S/C18H23N7O3S/c1-11(2)15(16(27)21-17(19)28)29-18-23-22-13(10-24-9-5-7-14(24)26)25(18)12-6-3-4-8-20-12/h3-4,6,8,11,15H,5,7,9-10H2,1-2H3,(H3,19,21,27,28). The molecule has 0 bridgehead atoms. The molecule has 1 aliphatic rings. The van der Waals surface area contributed by atoms with E-state index in [1.54, 1.807) is 27.8 Å². The van der Waals surface area contributed by atoms with Crippen LogP contribution in [-0.4, -0.2) is 54.3 Å². The lowest BCUT2D eigenvalue weighted by atomic mass is 10.1. The molecule has 1 aliphatic heterocycles. The molecule has 3 heterocycles. The Balaban J connectivity index is 1.94. The maximum absolute atomic E-state index is 12.4. The van der Waals surface area contributed by atoms with E-state index < -0.39 is 17.2 Å². The first-order valence-corrected chi connectivity index (χ1v) is 10.1. The molecule has 0 aromatic carbocycles. The Morgan fingerprint density at radius 2 is 2.10 bits per heavy atom. The fourth-order valence-electron chi connectivity index (χ4n) is 3.04. The third-order valence-electron chi connectivity index (χ3n) is 4.43. The van der Waals surface area contributed by atoms with Crippen LogP contribution in [0.2, 0.25) is 0 Å². The lowest BCUT2D eigenvalue weighted by molar-refractivity contribution is -0.128. The molecule has 154 valence electrons. The summed E-state index contributed by atoms with van der Waals surface area (Å²) in [6.45, 7) is 4.71. The van der Waals surface area contributed by atoms with Gasteiger partial charge in [0.1, 0.15) is 5.82 Å². The minimum atomic E-state index is -0.902. The summed E-state index contributed by atoms with van der Waals surface area (Å²) >= 11 is 1.17. The van der Waals surface area contributed by atoms with Crippen LogP contribution in [0.1, 0.15) is 32.5 Å². The van der Waals surface area contributed by atoms with Gasteiger partial charge in [-0.2, -0.15) is 0 Å². The average molecular weight is 417 g/mol. The molecule has 2 aromatic heterocycles. The SMILES string of the molecule is CC(C)C(Sc1nnc(CN2CCCC2=O)n1-c1ccccn1)C(=O)NC(N)=O. The van der Waals surface area contributed by atoms with Crippen molar-refractivity contribution in [2.75, 3.05) is 6.54 Å². The monoisotopic (exact) mass is 417 g/mol. The highest BCUT2D eigenvalue weighted by molar-refractivity contribution is 8.00. The summed E-state index contributed by atoms with van der Waals surface area (Å²) in [6, 6.07) is 4.53. The zero-order valence-corrected chi connectivity index (χ0v) is 17.1. The molecule has 1 fully saturated rings. The summed E-state index contributed by atoms with van der Waals surface area (Å²) in [7, 11) is 0. The fraction of sp³-hybridized carbons (Fsp3) is 0.444. The van der Waals surface area contributed by atoms with E-state index in [-0.39, 0.29) is 11.8 Å². The van der Waals surface area contributed by atoms with Gasteiger partial charge in [0.15, 0.2) is 11.0 Å². The minimum absolute atomic E-state index is 0.0793. The molecule has 29 heavy (non-hydrogen) atoms. The van der Waals surface area contributed by atoms with Crippen LogP contribution < -0.4 is 11.1 Å². The van der Waals surface area contributed by atoms with Crippen LogP contribution in [0.3, 0.4) is 0 Å². The van der Waals surface area contributed by atoms with Gasteiger partial charge in [-0.25, -0.2) is 9.78 Å². The molecule has 0 radical (unpaired) electrons. The van der Waals surface area contributed by atoms with E-state index in [4.69, 9.17) is 5.73 Å².